The third-order valence-electron chi connectivity index (χ3n) is 5.60. The number of pyridine rings is 1. The van der Waals surface area contributed by atoms with Gasteiger partial charge in [0.1, 0.15) is 10.6 Å². The van der Waals surface area contributed by atoms with Gasteiger partial charge >= 0.3 is 0 Å². The van der Waals surface area contributed by atoms with Gasteiger partial charge in [-0.15, -0.1) is 0 Å². The van der Waals surface area contributed by atoms with E-state index in [-0.39, 0.29) is 27.9 Å². The Labute approximate surface area is 188 Å². The van der Waals surface area contributed by atoms with Crippen LogP contribution in [0, 0.1) is 19.8 Å². The average molecular weight is 466 g/mol. The minimum atomic E-state index is -3.78. The Bertz CT molecular complexity index is 1090. The maximum atomic E-state index is 13.1. The molecular formula is C22H28ClN3O4S. The number of benzene rings is 1. The predicted molar refractivity (Wildman–Crippen MR) is 120 cm³/mol. The van der Waals surface area contributed by atoms with Gasteiger partial charge in [-0.2, -0.15) is 4.31 Å². The fourth-order valence-corrected chi connectivity index (χ4v) is 5.96. The van der Waals surface area contributed by atoms with Crippen molar-refractivity contribution in [2.24, 2.45) is 5.92 Å². The molecular weight excluding hydrogens is 438 g/mol. The highest BCUT2D eigenvalue weighted by Gasteiger charge is 2.31. The first kappa shape index (κ1) is 23.5. The molecule has 0 aliphatic carbocycles. The van der Waals surface area contributed by atoms with Crippen molar-refractivity contribution < 1.29 is 17.9 Å². The highest BCUT2D eigenvalue weighted by Crippen LogP contribution is 2.29. The van der Waals surface area contributed by atoms with E-state index in [1.807, 2.05) is 20.8 Å². The zero-order valence-electron chi connectivity index (χ0n) is 18.2. The summed E-state index contributed by atoms with van der Waals surface area (Å²) in [5, 5.41) is 2.91. The summed E-state index contributed by atoms with van der Waals surface area (Å²) in [7, 11) is -2.18. The Hall–Kier alpha value is -2.16. The van der Waals surface area contributed by atoms with Gasteiger partial charge in [-0.05, 0) is 50.8 Å². The van der Waals surface area contributed by atoms with Gasteiger partial charge in [0, 0.05) is 36.0 Å². The van der Waals surface area contributed by atoms with Crippen LogP contribution in [0.4, 0.5) is 0 Å². The van der Waals surface area contributed by atoms with Crippen LogP contribution >= 0.6 is 11.6 Å². The van der Waals surface area contributed by atoms with Crippen LogP contribution in [0.25, 0.3) is 0 Å². The number of sulfonamides is 1. The summed E-state index contributed by atoms with van der Waals surface area (Å²) < 4.78 is 33.1. The predicted octanol–water partition coefficient (Wildman–Crippen LogP) is 3.71. The molecule has 9 heteroatoms. The standard InChI is InChI=1S/C22H28ClN3O4S/c1-14-6-5-9-26(13-14)31(28,29)20-10-17(7-8-18(20)23)22(27)25-12-19-16(3)21(30-4)15(2)11-24-19/h7-8,10-11,14H,5-6,9,12-13H2,1-4H3,(H,25,27)/t14-/m0/s1. The number of nitrogens with one attached hydrogen (secondary N) is 1. The molecule has 1 atom stereocenters. The topological polar surface area (TPSA) is 88.6 Å². The number of ether oxygens (including phenoxy) is 1. The number of methoxy groups -OCH3 is 1. The van der Waals surface area contributed by atoms with Gasteiger partial charge in [0.2, 0.25) is 10.0 Å². The first-order valence-corrected chi connectivity index (χ1v) is 12.0. The zero-order chi connectivity index (χ0) is 22.8. The summed E-state index contributed by atoms with van der Waals surface area (Å²) in [6.07, 6.45) is 3.50. The molecule has 0 radical (unpaired) electrons. The van der Waals surface area contributed by atoms with Crippen molar-refractivity contribution in [2.45, 2.75) is 45.1 Å². The van der Waals surface area contributed by atoms with Gasteiger partial charge < -0.3 is 10.1 Å². The molecule has 0 saturated carbocycles. The molecule has 0 bridgehead atoms. The second-order valence-electron chi connectivity index (χ2n) is 7.98. The number of rotatable bonds is 6. The summed E-state index contributed by atoms with van der Waals surface area (Å²) in [4.78, 5) is 17.1. The molecule has 1 fully saturated rings. The van der Waals surface area contributed by atoms with Crippen LogP contribution in [-0.2, 0) is 16.6 Å². The Morgan fingerprint density at radius 3 is 2.77 bits per heavy atom. The van der Waals surface area contributed by atoms with Crippen molar-refractivity contribution in [3.8, 4) is 5.75 Å². The second-order valence-corrected chi connectivity index (χ2v) is 10.3. The maximum Gasteiger partial charge on any atom is 0.251 e. The molecule has 7 nitrogen and oxygen atoms in total. The lowest BCUT2D eigenvalue weighted by Crippen LogP contribution is -2.39. The first-order valence-electron chi connectivity index (χ1n) is 10.2. The van der Waals surface area contributed by atoms with E-state index in [2.05, 4.69) is 10.3 Å². The van der Waals surface area contributed by atoms with Crippen molar-refractivity contribution in [1.29, 1.82) is 0 Å². The van der Waals surface area contributed by atoms with E-state index in [0.717, 1.165) is 29.7 Å². The average Bonchev–Trinajstić information content (AvgIpc) is 2.73. The normalized spacial score (nSPS) is 17.4. The third-order valence-corrected chi connectivity index (χ3v) is 7.94. The highest BCUT2D eigenvalue weighted by atomic mass is 35.5. The van der Waals surface area contributed by atoms with Crippen molar-refractivity contribution in [1.82, 2.24) is 14.6 Å². The summed E-state index contributed by atoms with van der Waals surface area (Å²) in [5.41, 5.74) is 2.67. The quantitative estimate of drug-likeness (QED) is 0.702. The minimum absolute atomic E-state index is 0.0396. The number of amides is 1. The van der Waals surface area contributed by atoms with Gasteiger partial charge in [-0.1, -0.05) is 18.5 Å². The van der Waals surface area contributed by atoms with Crippen LogP contribution in [0.2, 0.25) is 5.02 Å². The number of hydrogen-bond acceptors (Lipinski definition) is 5. The molecule has 0 unspecified atom stereocenters. The molecule has 3 rings (SSSR count). The van der Waals surface area contributed by atoms with E-state index < -0.39 is 15.9 Å². The molecule has 1 amide bonds. The van der Waals surface area contributed by atoms with Crippen molar-refractivity contribution >= 4 is 27.5 Å². The van der Waals surface area contributed by atoms with E-state index in [0.29, 0.717) is 18.8 Å². The maximum absolute atomic E-state index is 13.1. The SMILES string of the molecule is COc1c(C)cnc(CNC(=O)c2ccc(Cl)c(S(=O)(=O)N3CCC[C@H](C)C3)c2)c1C. The molecule has 2 heterocycles. The highest BCUT2D eigenvalue weighted by molar-refractivity contribution is 7.89. The first-order chi connectivity index (χ1) is 14.6. The number of halogens is 1. The Kier molecular flexibility index (Phi) is 7.24. The third kappa shape index (κ3) is 5.02. The van der Waals surface area contributed by atoms with Crippen molar-refractivity contribution in [2.75, 3.05) is 20.2 Å². The fraction of sp³-hybridized carbons (Fsp3) is 0.455. The van der Waals surface area contributed by atoms with E-state index >= 15 is 0 Å². The Morgan fingerprint density at radius 2 is 2.10 bits per heavy atom. The van der Waals surface area contributed by atoms with Crippen LogP contribution in [0.15, 0.2) is 29.3 Å². The zero-order valence-corrected chi connectivity index (χ0v) is 19.8. The van der Waals surface area contributed by atoms with Gasteiger partial charge in [0.05, 0.1) is 24.4 Å². The van der Waals surface area contributed by atoms with E-state index in [1.165, 1.54) is 22.5 Å². The minimum Gasteiger partial charge on any atom is -0.496 e. The molecule has 1 saturated heterocycles. The van der Waals surface area contributed by atoms with Gasteiger partial charge in [0.25, 0.3) is 5.91 Å². The molecule has 168 valence electrons. The fourth-order valence-electron chi connectivity index (χ4n) is 3.86. The van der Waals surface area contributed by atoms with Gasteiger partial charge in [-0.25, -0.2) is 8.42 Å². The number of piperidine rings is 1. The molecule has 1 aromatic heterocycles. The number of carbonyl (C=O) groups excluding carboxylic acids is 1. The Balaban J connectivity index is 1.81. The molecule has 0 spiro atoms. The van der Waals surface area contributed by atoms with Crippen LogP contribution < -0.4 is 10.1 Å². The summed E-state index contributed by atoms with van der Waals surface area (Å²) in [5.74, 6) is 0.617. The molecule has 1 aromatic carbocycles. The monoisotopic (exact) mass is 465 g/mol. The molecule has 31 heavy (non-hydrogen) atoms. The van der Waals surface area contributed by atoms with Crippen LogP contribution in [-0.4, -0.2) is 43.8 Å². The van der Waals surface area contributed by atoms with Gasteiger partial charge in [0.15, 0.2) is 0 Å². The number of aryl methyl sites for hydroxylation is 1. The number of hydrogen-bond donors (Lipinski definition) is 1. The number of aromatic nitrogens is 1. The lowest BCUT2D eigenvalue weighted by Gasteiger charge is -2.30. The van der Waals surface area contributed by atoms with E-state index in [9.17, 15) is 13.2 Å². The summed E-state index contributed by atoms with van der Waals surface area (Å²) >= 11 is 6.22. The summed E-state index contributed by atoms with van der Waals surface area (Å²) in [6.45, 7) is 6.92. The molecule has 1 aliphatic heterocycles. The van der Waals surface area contributed by atoms with E-state index in [1.54, 1.807) is 13.3 Å². The lowest BCUT2D eigenvalue weighted by molar-refractivity contribution is 0.0950. The lowest BCUT2D eigenvalue weighted by atomic mass is 10.0. The smallest absolute Gasteiger partial charge is 0.251 e. The van der Waals surface area contributed by atoms with Crippen LogP contribution in [0.1, 0.15) is 46.9 Å². The van der Waals surface area contributed by atoms with Crippen molar-refractivity contribution in [3.63, 3.8) is 0 Å². The van der Waals surface area contributed by atoms with Crippen molar-refractivity contribution in [3.05, 3.63) is 51.8 Å². The van der Waals surface area contributed by atoms with Crippen LogP contribution in [0.5, 0.6) is 5.75 Å². The van der Waals surface area contributed by atoms with E-state index in [4.69, 9.17) is 16.3 Å². The number of carbonyl (C=O) groups is 1. The van der Waals surface area contributed by atoms with Crippen LogP contribution in [0.3, 0.4) is 0 Å². The Morgan fingerprint density at radius 1 is 1.35 bits per heavy atom. The van der Waals surface area contributed by atoms with Gasteiger partial charge in [-0.3, -0.25) is 9.78 Å². The molecule has 1 N–H and O–H groups in total. The second kappa shape index (κ2) is 9.54. The number of nitrogens with zero attached hydrogens (tertiary/aromatic N) is 2. The summed E-state index contributed by atoms with van der Waals surface area (Å²) in [6, 6.07) is 4.32. The largest absolute Gasteiger partial charge is 0.496 e. The molecule has 1 aliphatic rings. The molecule has 2 aromatic rings.